The molecule has 1 rings (SSSR count). The highest BCUT2D eigenvalue weighted by molar-refractivity contribution is 8.76. The summed E-state index contributed by atoms with van der Waals surface area (Å²) in [5.41, 5.74) is -3.36. The van der Waals surface area contributed by atoms with Gasteiger partial charge in [0, 0.05) is 92.8 Å². The lowest BCUT2D eigenvalue weighted by Gasteiger charge is -2.38. The SMILES string of the molecule is O=C(O)CCC(CCC(=O)O)(CCC(=O)O)NC(=O)CCC(CCC(=O)NO)(CCC(=O)NC(CCC(=O)O)(CCC(=O)O)CCC(=O)O)NC(=O)CCSSc1ccccn1. The molecule has 0 saturated heterocycles. The molecule has 0 spiro atoms. The smallest absolute Gasteiger partial charge is 0.303 e. The molecule has 0 saturated carbocycles. The molecule has 0 aliphatic heterocycles. The Bertz CT molecular complexity index is 1540. The van der Waals surface area contributed by atoms with E-state index in [1.165, 1.54) is 27.1 Å². The second-order valence-corrected chi connectivity index (χ2v) is 17.1. The predicted molar refractivity (Wildman–Crippen MR) is 219 cm³/mol. The van der Waals surface area contributed by atoms with E-state index in [1.54, 1.807) is 24.4 Å². The summed E-state index contributed by atoms with van der Waals surface area (Å²) in [5.74, 6) is -10.7. The average molecular weight is 918 g/mol. The van der Waals surface area contributed by atoms with Gasteiger partial charge in [0.1, 0.15) is 5.03 Å². The lowest BCUT2D eigenvalue weighted by atomic mass is 9.81. The van der Waals surface area contributed by atoms with Crippen LogP contribution >= 0.6 is 21.6 Å². The first kappa shape index (κ1) is 54.5. The molecule has 62 heavy (non-hydrogen) atoms. The number of carbonyl (C=O) groups excluding carboxylic acids is 4. The Hall–Kier alpha value is -5.49. The minimum atomic E-state index is -1.62. The number of nitrogens with zero attached hydrogens (tertiary/aromatic N) is 1. The molecular weight excluding hydrogens is 863 g/mol. The van der Waals surface area contributed by atoms with Crippen molar-refractivity contribution in [3.05, 3.63) is 24.4 Å². The second kappa shape index (κ2) is 28.2. The van der Waals surface area contributed by atoms with Gasteiger partial charge in [-0.3, -0.25) is 53.2 Å². The summed E-state index contributed by atoms with van der Waals surface area (Å²) >= 11 is 0. The maximum absolute atomic E-state index is 13.8. The van der Waals surface area contributed by atoms with Crippen LogP contribution in [-0.2, 0) is 47.9 Å². The van der Waals surface area contributed by atoms with Crippen molar-refractivity contribution < 1.29 is 83.8 Å². The quantitative estimate of drug-likeness (QED) is 0.0202. The van der Waals surface area contributed by atoms with Gasteiger partial charge in [0.25, 0.3) is 0 Å². The van der Waals surface area contributed by atoms with E-state index >= 15 is 0 Å². The number of amides is 4. The third kappa shape index (κ3) is 24.1. The molecule has 1 heterocycles. The topological polar surface area (TPSA) is 373 Å². The van der Waals surface area contributed by atoms with Crippen LogP contribution in [0.3, 0.4) is 0 Å². The van der Waals surface area contributed by atoms with Crippen LogP contribution in [0, 0.1) is 0 Å². The molecule has 0 aromatic carbocycles. The van der Waals surface area contributed by atoms with Gasteiger partial charge in [-0.15, -0.1) is 0 Å². The van der Waals surface area contributed by atoms with E-state index in [9.17, 15) is 83.8 Å². The van der Waals surface area contributed by atoms with E-state index in [2.05, 4.69) is 20.9 Å². The third-order valence-corrected chi connectivity index (χ3v) is 12.2. The number of carboxylic acid groups (broad SMARTS) is 6. The highest BCUT2D eigenvalue weighted by Gasteiger charge is 2.38. The van der Waals surface area contributed by atoms with Crippen molar-refractivity contribution in [2.24, 2.45) is 0 Å². The number of hydrogen-bond donors (Lipinski definition) is 11. The van der Waals surface area contributed by atoms with Crippen LogP contribution in [0.5, 0.6) is 0 Å². The van der Waals surface area contributed by atoms with Crippen molar-refractivity contribution >= 4 is 81.0 Å². The number of hydrogen-bond acceptors (Lipinski definition) is 14. The van der Waals surface area contributed by atoms with E-state index in [-0.39, 0.29) is 70.0 Å². The second-order valence-electron chi connectivity index (χ2n) is 14.7. The number of rotatable bonds is 35. The van der Waals surface area contributed by atoms with Crippen LogP contribution in [0.4, 0.5) is 0 Å². The maximum Gasteiger partial charge on any atom is 0.303 e. The molecule has 0 radical (unpaired) electrons. The lowest BCUT2D eigenvalue weighted by Crippen LogP contribution is -2.53. The molecule has 346 valence electrons. The largest absolute Gasteiger partial charge is 0.481 e. The van der Waals surface area contributed by atoms with Crippen molar-refractivity contribution in [2.45, 2.75) is 144 Å². The number of carbonyl (C=O) groups is 10. The number of hydroxylamine groups is 1. The molecule has 0 aliphatic rings. The van der Waals surface area contributed by atoms with Crippen molar-refractivity contribution in [2.75, 3.05) is 5.75 Å². The zero-order valence-corrected chi connectivity index (χ0v) is 35.6. The molecule has 1 aromatic rings. The number of aromatic nitrogens is 1. The summed E-state index contributed by atoms with van der Waals surface area (Å²) in [4.78, 5) is 127. The van der Waals surface area contributed by atoms with Gasteiger partial charge in [0.2, 0.25) is 23.6 Å². The Morgan fingerprint density at radius 1 is 0.452 bits per heavy atom. The van der Waals surface area contributed by atoms with Gasteiger partial charge in [-0.2, -0.15) is 0 Å². The average Bonchev–Trinajstić information content (AvgIpc) is 3.21. The maximum atomic E-state index is 13.8. The molecule has 4 amide bonds. The monoisotopic (exact) mass is 917 g/mol. The highest BCUT2D eigenvalue weighted by atomic mass is 33.1. The fourth-order valence-electron chi connectivity index (χ4n) is 6.59. The summed E-state index contributed by atoms with van der Waals surface area (Å²) < 4.78 is 0. The van der Waals surface area contributed by atoms with E-state index < -0.39 is 134 Å². The molecule has 0 bridgehead atoms. The molecule has 0 atom stereocenters. The fourth-order valence-corrected chi connectivity index (χ4v) is 8.46. The predicted octanol–water partition coefficient (Wildman–Crippen LogP) is 2.81. The Kier molecular flexibility index (Phi) is 24.8. The third-order valence-electron chi connectivity index (χ3n) is 9.93. The van der Waals surface area contributed by atoms with E-state index in [1.807, 2.05) is 0 Å². The molecule has 11 N–H and O–H groups in total. The highest BCUT2D eigenvalue weighted by Crippen LogP contribution is 2.32. The van der Waals surface area contributed by atoms with E-state index in [0.29, 0.717) is 5.03 Å². The number of carboxylic acids is 6. The van der Waals surface area contributed by atoms with Crippen LogP contribution in [-0.4, -0.2) is 123 Å². The summed E-state index contributed by atoms with van der Waals surface area (Å²) in [5, 5.41) is 74.5. The molecule has 0 fully saturated rings. The van der Waals surface area contributed by atoms with Crippen LogP contribution in [0.25, 0.3) is 0 Å². The van der Waals surface area contributed by atoms with Crippen LogP contribution in [0.1, 0.15) is 122 Å². The molecular formula is C38H55N5O17S2. The van der Waals surface area contributed by atoms with Gasteiger partial charge >= 0.3 is 35.8 Å². The van der Waals surface area contributed by atoms with Gasteiger partial charge in [-0.1, -0.05) is 16.9 Å². The van der Waals surface area contributed by atoms with Crippen molar-refractivity contribution in [3.8, 4) is 0 Å². The number of pyridine rings is 1. The Balaban J connectivity index is 3.61. The fraction of sp³-hybridized carbons (Fsp3) is 0.605. The Morgan fingerprint density at radius 3 is 1.05 bits per heavy atom. The molecule has 0 aliphatic carbocycles. The first-order valence-electron chi connectivity index (χ1n) is 19.5. The first-order chi connectivity index (χ1) is 29.1. The minimum absolute atomic E-state index is 0.123. The summed E-state index contributed by atoms with van der Waals surface area (Å²) in [6, 6.07) is 5.25. The van der Waals surface area contributed by atoms with Crippen LogP contribution < -0.4 is 21.4 Å². The first-order valence-corrected chi connectivity index (χ1v) is 21.8. The van der Waals surface area contributed by atoms with Gasteiger partial charge < -0.3 is 46.6 Å². The van der Waals surface area contributed by atoms with E-state index in [0.717, 1.165) is 0 Å². The van der Waals surface area contributed by atoms with E-state index in [4.69, 9.17) is 0 Å². The summed E-state index contributed by atoms with van der Waals surface area (Å²) in [7, 11) is 2.58. The standard InChI is InChI=1S/C38H55N5O17S2/c44-25(40-37(17-7-30(48)49,18-8-31(50)51)19-9-32(52)53)4-14-36(16-6-28(47)43-60,42-27(46)13-24-61-62-29-3-1-2-23-39-29)15-5-26(45)41-38(20-10-33(54)55,21-11-34(56)57)22-12-35(58)59/h1-3,23,60H,4-22,24H2,(H,40,44)(H,41,45)(H,42,46)(H,43,47)(H,48,49)(H,50,51)(H,52,53)(H,54,55)(H,56,57)(H,58,59). The molecule has 24 heteroatoms. The lowest BCUT2D eigenvalue weighted by molar-refractivity contribution is -0.141. The van der Waals surface area contributed by atoms with Crippen molar-refractivity contribution in [3.63, 3.8) is 0 Å². The molecule has 1 aromatic heterocycles. The van der Waals surface area contributed by atoms with Gasteiger partial charge in [0.05, 0.1) is 0 Å². The minimum Gasteiger partial charge on any atom is -0.481 e. The molecule has 0 unspecified atom stereocenters. The van der Waals surface area contributed by atoms with Crippen LogP contribution in [0.2, 0.25) is 0 Å². The van der Waals surface area contributed by atoms with Crippen molar-refractivity contribution in [1.82, 2.24) is 26.4 Å². The summed E-state index contributed by atoms with van der Waals surface area (Å²) in [6.45, 7) is 0. The molecule has 22 nitrogen and oxygen atoms in total. The Labute approximate surface area is 364 Å². The number of aliphatic carboxylic acids is 6. The summed E-state index contributed by atoms with van der Waals surface area (Å²) in [6.07, 6.45) is -6.39. The van der Waals surface area contributed by atoms with Crippen molar-refractivity contribution in [1.29, 1.82) is 0 Å². The van der Waals surface area contributed by atoms with Crippen LogP contribution in [0.15, 0.2) is 29.4 Å². The Morgan fingerprint density at radius 2 is 0.758 bits per heavy atom. The van der Waals surface area contributed by atoms with Gasteiger partial charge in [0.15, 0.2) is 0 Å². The van der Waals surface area contributed by atoms with Gasteiger partial charge in [-0.25, -0.2) is 10.5 Å². The van der Waals surface area contributed by atoms with Gasteiger partial charge in [-0.05, 0) is 80.7 Å². The zero-order valence-electron chi connectivity index (χ0n) is 33.9. The number of nitrogens with one attached hydrogen (secondary N) is 4. The zero-order chi connectivity index (χ0) is 46.8. The normalized spacial score (nSPS) is 11.5.